The van der Waals surface area contributed by atoms with Crippen molar-refractivity contribution in [2.75, 3.05) is 13.6 Å². The van der Waals surface area contributed by atoms with E-state index < -0.39 is 0 Å². The normalized spacial score (nSPS) is 20.9. The van der Waals surface area contributed by atoms with Gasteiger partial charge in [0.25, 0.3) is 0 Å². The molecule has 0 radical (unpaired) electrons. The second-order valence-electron chi connectivity index (χ2n) is 6.06. The van der Waals surface area contributed by atoms with Crippen molar-refractivity contribution in [2.24, 2.45) is 7.05 Å². The van der Waals surface area contributed by atoms with Crippen molar-refractivity contribution in [1.29, 1.82) is 0 Å². The van der Waals surface area contributed by atoms with Crippen molar-refractivity contribution in [1.82, 2.24) is 20.0 Å². The molecule has 0 spiro atoms. The second kappa shape index (κ2) is 5.83. The van der Waals surface area contributed by atoms with Crippen LogP contribution in [0.25, 0.3) is 0 Å². The Labute approximate surface area is 120 Å². The molecule has 112 valence electrons. The Morgan fingerprint density at radius 2 is 2.40 bits per heavy atom. The zero-order chi connectivity index (χ0) is 14.8. The zero-order valence-corrected chi connectivity index (χ0v) is 12.7. The van der Waals surface area contributed by atoms with Gasteiger partial charge < -0.3 is 15.0 Å². The van der Waals surface area contributed by atoms with E-state index in [1.54, 1.807) is 16.6 Å². The lowest BCUT2D eigenvalue weighted by Gasteiger charge is -2.21. The van der Waals surface area contributed by atoms with Gasteiger partial charge in [0.1, 0.15) is 0 Å². The fourth-order valence-electron chi connectivity index (χ4n) is 2.42. The van der Waals surface area contributed by atoms with Crippen molar-refractivity contribution in [3.8, 4) is 0 Å². The van der Waals surface area contributed by atoms with Gasteiger partial charge in [0.2, 0.25) is 0 Å². The predicted octanol–water partition coefficient (Wildman–Crippen LogP) is 1.52. The highest BCUT2D eigenvalue weighted by molar-refractivity contribution is 5.73. The highest BCUT2D eigenvalue weighted by Gasteiger charge is 2.31. The lowest BCUT2D eigenvalue weighted by atomic mass is 10.1. The van der Waals surface area contributed by atoms with Crippen LogP contribution in [0, 0.1) is 0 Å². The van der Waals surface area contributed by atoms with Crippen molar-refractivity contribution < 1.29 is 9.53 Å². The molecule has 2 amide bonds. The quantitative estimate of drug-likeness (QED) is 0.909. The lowest BCUT2D eigenvalue weighted by molar-refractivity contribution is -0.0135. The fraction of sp³-hybridized carbons (Fsp3) is 0.714. The van der Waals surface area contributed by atoms with Crippen LogP contribution in [-0.4, -0.2) is 46.0 Å². The number of nitrogens with one attached hydrogen (secondary N) is 1. The third-order valence-corrected chi connectivity index (χ3v) is 3.55. The average Bonchev–Trinajstić information content (AvgIpc) is 2.92. The Kier molecular flexibility index (Phi) is 4.32. The molecule has 1 atom stereocenters. The molecule has 1 aromatic heterocycles. The number of carbonyl (C=O) groups is 1. The fourth-order valence-corrected chi connectivity index (χ4v) is 2.42. The first kappa shape index (κ1) is 14.8. The Hall–Kier alpha value is -1.56. The predicted molar refractivity (Wildman–Crippen MR) is 76.3 cm³/mol. The first-order valence-electron chi connectivity index (χ1n) is 7.01. The van der Waals surface area contributed by atoms with Crippen LogP contribution in [-0.2, 0) is 18.3 Å². The summed E-state index contributed by atoms with van der Waals surface area (Å²) >= 11 is 0. The van der Waals surface area contributed by atoms with Gasteiger partial charge in [0, 0.05) is 26.8 Å². The van der Waals surface area contributed by atoms with E-state index >= 15 is 0 Å². The van der Waals surface area contributed by atoms with Crippen LogP contribution in [0.4, 0.5) is 4.79 Å². The first-order chi connectivity index (χ1) is 9.35. The number of amides is 2. The van der Waals surface area contributed by atoms with Crippen LogP contribution in [0.2, 0.25) is 0 Å². The summed E-state index contributed by atoms with van der Waals surface area (Å²) in [4.78, 5) is 13.6. The van der Waals surface area contributed by atoms with Crippen molar-refractivity contribution in [3.05, 3.63) is 18.0 Å². The molecule has 1 aromatic rings. The molecule has 0 aliphatic carbocycles. The van der Waals surface area contributed by atoms with Gasteiger partial charge in [-0.15, -0.1) is 0 Å². The van der Waals surface area contributed by atoms with E-state index in [1.807, 2.05) is 19.3 Å². The summed E-state index contributed by atoms with van der Waals surface area (Å²) in [5.41, 5.74) is 0.818. The molecule has 6 heteroatoms. The standard InChI is InChI=1S/C14H24N4O2/c1-14(2)7-5-12(20-14)9-15-13(19)17(3)10-11-6-8-18(4)16-11/h6,8,12H,5,7,9-10H2,1-4H3,(H,15,19). The van der Waals surface area contributed by atoms with Crippen molar-refractivity contribution in [3.63, 3.8) is 0 Å². The Morgan fingerprint density at radius 1 is 1.65 bits per heavy atom. The first-order valence-corrected chi connectivity index (χ1v) is 7.01. The molecular formula is C14H24N4O2. The van der Waals surface area contributed by atoms with E-state index in [2.05, 4.69) is 24.3 Å². The Morgan fingerprint density at radius 3 is 2.95 bits per heavy atom. The molecule has 1 fully saturated rings. The monoisotopic (exact) mass is 280 g/mol. The van der Waals surface area contributed by atoms with E-state index in [4.69, 9.17) is 4.74 Å². The number of aromatic nitrogens is 2. The van der Waals surface area contributed by atoms with E-state index in [-0.39, 0.29) is 17.7 Å². The molecule has 1 aliphatic heterocycles. The van der Waals surface area contributed by atoms with Gasteiger partial charge in [-0.1, -0.05) is 0 Å². The second-order valence-corrected chi connectivity index (χ2v) is 6.06. The van der Waals surface area contributed by atoms with Gasteiger partial charge in [-0.3, -0.25) is 4.68 Å². The molecule has 1 N–H and O–H groups in total. The van der Waals surface area contributed by atoms with Gasteiger partial charge in [-0.05, 0) is 32.8 Å². The van der Waals surface area contributed by atoms with E-state index in [1.165, 1.54) is 0 Å². The van der Waals surface area contributed by atoms with E-state index in [0.29, 0.717) is 13.1 Å². The summed E-state index contributed by atoms with van der Waals surface area (Å²) in [5, 5.41) is 7.18. The van der Waals surface area contributed by atoms with Crippen LogP contribution in [0.1, 0.15) is 32.4 Å². The summed E-state index contributed by atoms with van der Waals surface area (Å²) < 4.78 is 7.58. The van der Waals surface area contributed by atoms with Gasteiger partial charge in [0.15, 0.2) is 0 Å². The molecule has 0 bridgehead atoms. The summed E-state index contributed by atoms with van der Waals surface area (Å²) in [7, 11) is 3.63. The maximum Gasteiger partial charge on any atom is 0.317 e. The Balaban J connectivity index is 1.74. The highest BCUT2D eigenvalue weighted by Crippen LogP contribution is 2.28. The van der Waals surface area contributed by atoms with Crippen LogP contribution in [0.5, 0.6) is 0 Å². The van der Waals surface area contributed by atoms with Gasteiger partial charge in [-0.2, -0.15) is 5.10 Å². The molecule has 6 nitrogen and oxygen atoms in total. The zero-order valence-electron chi connectivity index (χ0n) is 12.7. The molecule has 2 rings (SSSR count). The summed E-state index contributed by atoms with van der Waals surface area (Å²) in [5.74, 6) is 0. The number of nitrogens with zero attached hydrogens (tertiary/aromatic N) is 3. The number of rotatable bonds is 4. The highest BCUT2D eigenvalue weighted by atomic mass is 16.5. The summed E-state index contributed by atoms with van der Waals surface area (Å²) in [6, 6.07) is 1.82. The number of hydrogen-bond acceptors (Lipinski definition) is 3. The molecule has 0 aromatic carbocycles. The van der Waals surface area contributed by atoms with Crippen LogP contribution in [0.3, 0.4) is 0 Å². The Bertz CT molecular complexity index is 469. The third kappa shape index (κ3) is 3.96. The van der Waals surface area contributed by atoms with Crippen LogP contribution >= 0.6 is 0 Å². The molecule has 1 aliphatic rings. The SMILES string of the molecule is CN(Cc1ccn(C)n1)C(=O)NCC1CCC(C)(C)O1. The summed E-state index contributed by atoms with van der Waals surface area (Å²) in [6.45, 7) is 5.24. The third-order valence-electron chi connectivity index (χ3n) is 3.55. The number of aryl methyl sites for hydroxylation is 1. The van der Waals surface area contributed by atoms with Gasteiger partial charge >= 0.3 is 6.03 Å². The molecular weight excluding hydrogens is 256 g/mol. The topological polar surface area (TPSA) is 59.4 Å². The molecule has 2 heterocycles. The minimum Gasteiger partial charge on any atom is -0.371 e. The van der Waals surface area contributed by atoms with Crippen molar-refractivity contribution >= 4 is 6.03 Å². The molecule has 1 saturated heterocycles. The van der Waals surface area contributed by atoms with Crippen LogP contribution < -0.4 is 5.32 Å². The smallest absolute Gasteiger partial charge is 0.317 e. The average molecular weight is 280 g/mol. The number of carbonyl (C=O) groups excluding carboxylic acids is 1. The minimum absolute atomic E-state index is 0.0603. The van der Waals surface area contributed by atoms with E-state index in [0.717, 1.165) is 18.5 Å². The minimum atomic E-state index is -0.0936. The van der Waals surface area contributed by atoms with E-state index in [9.17, 15) is 4.79 Å². The number of ether oxygens (including phenoxy) is 1. The largest absolute Gasteiger partial charge is 0.371 e. The van der Waals surface area contributed by atoms with Crippen molar-refractivity contribution in [2.45, 2.75) is 44.9 Å². The van der Waals surface area contributed by atoms with Gasteiger partial charge in [0.05, 0.1) is 23.9 Å². The molecule has 20 heavy (non-hydrogen) atoms. The van der Waals surface area contributed by atoms with Gasteiger partial charge in [-0.25, -0.2) is 4.79 Å². The molecule has 0 saturated carbocycles. The maximum absolute atomic E-state index is 12.0. The maximum atomic E-state index is 12.0. The summed E-state index contributed by atoms with van der Waals surface area (Å²) in [6.07, 6.45) is 4.03. The molecule has 1 unspecified atom stereocenters. The lowest BCUT2D eigenvalue weighted by Crippen LogP contribution is -2.41. The van der Waals surface area contributed by atoms with Crippen LogP contribution in [0.15, 0.2) is 12.3 Å². The number of urea groups is 1. The number of hydrogen-bond donors (Lipinski definition) is 1.